The van der Waals surface area contributed by atoms with Gasteiger partial charge in [-0.25, -0.2) is 0 Å². The van der Waals surface area contributed by atoms with Gasteiger partial charge in [0.15, 0.2) is 0 Å². The van der Waals surface area contributed by atoms with Crippen molar-refractivity contribution in [1.29, 1.82) is 0 Å². The van der Waals surface area contributed by atoms with E-state index >= 15 is 0 Å². The zero-order valence-corrected chi connectivity index (χ0v) is 11.0. The van der Waals surface area contributed by atoms with Crippen molar-refractivity contribution < 1.29 is 9.59 Å². The molecular weight excluding hydrogens is 218 g/mol. The fourth-order valence-electron chi connectivity index (χ4n) is 2.11. The molecule has 1 saturated heterocycles. The number of carbonyl (C=O) groups is 2. The summed E-state index contributed by atoms with van der Waals surface area (Å²) < 4.78 is 0. The van der Waals surface area contributed by atoms with Gasteiger partial charge in [-0.3, -0.25) is 14.5 Å². The summed E-state index contributed by atoms with van der Waals surface area (Å²) in [6, 6.07) is -0.307. The van der Waals surface area contributed by atoms with Crippen molar-refractivity contribution >= 4 is 11.8 Å². The maximum atomic E-state index is 11.8. The van der Waals surface area contributed by atoms with Gasteiger partial charge in [-0.1, -0.05) is 13.8 Å². The average Bonchev–Trinajstić information content (AvgIpc) is 2.60. The summed E-state index contributed by atoms with van der Waals surface area (Å²) in [5.41, 5.74) is 0. The Kier molecular flexibility index (Phi) is 5.58. The van der Waals surface area contributed by atoms with Crippen molar-refractivity contribution in [2.45, 2.75) is 33.2 Å². The normalized spacial score (nSPS) is 20.7. The van der Waals surface area contributed by atoms with Gasteiger partial charge >= 0.3 is 0 Å². The predicted molar refractivity (Wildman–Crippen MR) is 66.6 cm³/mol. The Morgan fingerprint density at radius 3 is 2.41 bits per heavy atom. The van der Waals surface area contributed by atoms with E-state index in [9.17, 15) is 9.59 Å². The zero-order valence-electron chi connectivity index (χ0n) is 11.0. The molecule has 1 N–H and O–H groups in total. The summed E-state index contributed by atoms with van der Waals surface area (Å²) >= 11 is 0. The van der Waals surface area contributed by atoms with E-state index in [-0.39, 0.29) is 17.9 Å². The van der Waals surface area contributed by atoms with E-state index < -0.39 is 0 Å². The van der Waals surface area contributed by atoms with Crippen LogP contribution in [0.4, 0.5) is 0 Å². The highest BCUT2D eigenvalue weighted by molar-refractivity contribution is 6.05. The highest BCUT2D eigenvalue weighted by Gasteiger charge is 2.36. The van der Waals surface area contributed by atoms with Crippen molar-refractivity contribution in [3.8, 4) is 0 Å². The van der Waals surface area contributed by atoms with Crippen molar-refractivity contribution in [1.82, 2.24) is 15.1 Å². The number of nitrogens with one attached hydrogen (secondary N) is 1. The Bertz CT molecular complexity index is 277. The monoisotopic (exact) mass is 241 g/mol. The van der Waals surface area contributed by atoms with E-state index in [1.807, 2.05) is 6.92 Å². The lowest BCUT2D eigenvalue weighted by atomic mass is 10.2. The highest BCUT2D eigenvalue weighted by atomic mass is 16.2. The molecule has 0 aromatic carbocycles. The van der Waals surface area contributed by atoms with Crippen molar-refractivity contribution in [3.05, 3.63) is 0 Å². The maximum absolute atomic E-state index is 11.8. The molecule has 98 valence electrons. The number of hydrogen-bond donors (Lipinski definition) is 1. The molecule has 0 spiro atoms. The minimum atomic E-state index is -0.307. The first-order valence-corrected chi connectivity index (χ1v) is 6.43. The topological polar surface area (TPSA) is 52.7 Å². The number of amides is 2. The number of carbonyl (C=O) groups excluding carboxylic acids is 2. The molecule has 0 aromatic heterocycles. The molecule has 2 amide bonds. The van der Waals surface area contributed by atoms with E-state index in [0.29, 0.717) is 13.0 Å². The van der Waals surface area contributed by atoms with Crippen LogP contribution in [0.25, 0.3) is 0 Å². The third kappa shape index (κ3) is 3.51. The van der Waals surface area contributed by atoms with Crippen molar-refractivity contribution in [2.75, 3.05) is 32.7 Å². The van der Waals surface area contributed by atoms with E-state index in [4.69, 9.17) is 0 Å². The number of hydrogen-bond acceptors (Lipinski definition) is 4. The van der Waals surface area contributed by atoms with Gasteiger partial charge in [0.05, 0.1) is 12.5 Å². The van der Waals surface area contributed by atoms with Gasteiger partial charge in [-0.05, 0) is 20.0 Å². The molecule has 5 heteroatoms. The van der Waals surface area contributed by atoms with Crippen LogP contribution in [-0.2, 0) is 9.59 Å². The molecule has 0 aliphatic carbocycles. The number of imide groups is 1. The molecule has 0 aromatic rings. The van der Waals surface area contributed by atoms with Crippen LogP contribution in [0.1, 0.15) is 27.2 Å². The SMILES string of the molecule is CCN(CC)CCNC1CC(=O)N(CC)C1=O. The molecule has 1 heterocycles. The smallest absolute Gasteiger partial charge is 0.246 e. The lowest BCUT2D eigenvalue weighted by Gasteiger charge is -2.19. The molecule has 1 rings (SSSR count). The van der Waals surface area contributed by atoms with Gasteiger partial charge in [-0.15, -0.1) is 0 Å². The van der Waals surface area contributed by atoms with E-state index in [1.165, 1.54) is 4.90 Å². The van der Waals surface area contributed by atoms with Crippen LogP contribution < -0.4 is 5.32 Å². The molecule has 5 nitrogen and oxygen atoms in total. The summed E-state index contributed by atoms with van der Waals surface area (Å²) in [4.78, 5) is 26.9. The standard InChI is InChI=1S/C12H23N3O2/c1-4-14(5-2)8-7-13-10-9-11(16)15(6-3)12(10)17/h10,13H,4-9H2,1-3H3. The summed E-state index contributed by atoms with van der Waals surface area (Å²) in [7, 11) is 0. The van der Waals surface area contributed by atoms with Crippen LogP contribution in [0, 0.1) is 0 Å². The summed E-state index contributed by atoms with van der Waals surface area (Å²) in [6.45, 7) is 10.2. The van der Waals surface area contributed by atoms with Gasteiger partial charge in [0, 0.05) is 19.6 Å². The first-order chi connectivity index (χ1) is 8.13. The van der Waals surface area contributed by atoms with Crippen molar-refractivity contribution in [3.63, 3.8) is 0 Å². The summed E-state index contributed by atoms with van der Waals surface area (Å²) in [5, 5.41) is 3.17. The largest absolute Gasteiger partial charge is 0.304 e. The number of nitrogens with zero attached hydrogens (tertiary/aromatic N) is 2. The minimum absolute atomic E-state index is 0.0576. The highest BCUT2D eigenvalue weighted by Crippen LogP contribution is 2.11. The zero-order chi connectivity index (χ0) is 12.8. The van der Waals surface area contributed by atoms with Crippen LogP contribution in [0.3, 0.4) is 0 Å². The second kappa shape index (κ2) is 6.71. The predicted octanol–water partition coefficient (Wildman–Crippen LogP) is 0.0652. The molecule has 17 heavy (non-hydrogen) atoms. The number of rotatable bonds is 7. The lowest BCUT2D eigenvalue weighted by molar-refractivity contribution is -0.138. The molecule has 0 bridgehead atoms. The second-order valence-corrected chi connectivity index (χ2v) is 4.21. The molecule has 0 radical (unpaired) electrons. The van der Waals surface area contributed by atoms with Crippen LogP contribution in [0.2, 0.25) is 0 Å². The molecule has 1 atom stereocenters. The van der Waals surface area contributed by atoms with Gasteiger partial charge in [0.1, 0.15) is 0 Å². The van der Waals surface area contributed by atoms with Crippen LogP contribution in [-0.4, -0.2) is 60.4 Å². The van der Waals surface area contributed by atoms with Gasteiger partial charge in [0.25, 0.3) is 0 Å². The van der Waals surface area contributed by atoms with Crippen LogP contribution in [0.15, 0.2) is 0 Å². The van der Waals surface area contributed by atoms with Gasteiger partial charge in [0.2, 0.25) is 11.8 Å². The number of likely N-dealkylation sites (N-methyl/N-ethyl adjacent to an activating group) is 2. The second-order valence-electron chi connectivity index (χ2n) is 4.21. The number of likely N-dealkylation sites (tertiary alicyclic amines) is 1. The third-order valence-electron chi connectivity index (χ3n) is 3.27. The molecular formula is C12H23N3O2. The van der Waals surface area contributed by atoms with E-state index in [1.54, 1.807) is 0 Å². The quantitative estimate of drug-likeness (QED) is 0.641. The molecule has 1 fully saturated rings. The Hall–Kier alpha value is -0.940. The van der Waals surface area contributed by atoms with Crippen molar-refractivity contribution in [2.24, 2.45) is 0 Å². The van der Waals surface area contributed by atoms with E-state index in [2.05, 4.69) is 24.1 Å². The molecule has 1 aliphatic heterocycles. The Morgan fingerprint density at radius 2 is 1.94 bits per heavy atom. The third-order valence-corrected chi connectivity index (χ3v) is 3.27. The van der Waals surface area contributed by atoms with Crippen LogP contribution in [0.5, 0.6) is 0 Å². The summed E-state index contributed by atoms with van der Waals surface area (Å²) in [6.07, 6.45) is 0.310. The maximum Gasteiger partial charge on any atom is 0.246 e. The molecule has 0 saturated carbocycles. The first-order valence-electron chi connectivity index (χ1n) is 6.43. The van der Waals surface area contributed by atoms with Gasteiger partial charge < -0.3 is 10.2 Å². The molecule has 1 unspecified atom stereocenters. The van der Waals surface area contributed by atoms with E-state index in [0.717, 1.165) is 26.2 Å². The molecule has 1 aliphatic rings. The Balaban J connectivity index is 2.34. The average molecular weight is 241 g/mol. The minimum Gasteiger partial charge on any atom is -0.304 e. The van der Waals surface area contributed by atoms with Crippen LogP contribution >= 0.6 is 0 Å². The lowest BCUT2D eigenvalue weighted by Crippen LogP contribution is -2.42. The van der Waals surface area contributed by atoms with Gasteiger partial charge in [-0.2, -0.15) is 0 Å². The Labute approximate surface area is 103 Å². The fraction of sp³-hybridized carbons (Fsp3) is 0.833. The first kappa shape index (κ1) is 14.1. The Morgan fingerprint density at radius 1 is 1.29 bits per heavy atom. The fourth-order valence-corrected chi connectivity index (χ4v) is 2.11. The summed E-state index contributed by atoms with van der Waals surface area (Å²) in [5.74, 6) is -0.130.